The molecule has 0 saturated carbocycles. The summed E-state index contributed by atoms with van der Waals surface area (Å²) < 4.78 is 15.2. The smallest absolute Gasteiger partial charge is 0.147 e. The van der Waals surface area contributed by atoms with E-state index in [2.05, 4.69) is 37.1 Å². The molecule has 132 valence electrons. The summed E-state index contributed by atoms with van der Waals surface area (Å²) in [5.74, 6) is 2.59. The summed E-state index contributed by atoms with van der Waals surface area (Å²) in [6.07, 6.45) is 6.50. The molecule has 1 N–H and O–H groups in total. The number of hydrogen-bond donors (Lipinski definition) is 1. The molecule has 5 nitrogen and oxygen atoms in total. The van der Waals surface area contributed by atoms with E-state index in [1.165, 1.54) is 18.0 Å². The average Bonchev–Trinajstić information content (AvgIpc) is 3.08. The topological polar surface area (TPSA) is 46.0 Å². The van der Waals surface area contributed by atoms with E-state index in [0.717, 1.165) is 63.5 Å². The van der Waals surface area contributed by atoms with Crippen LogP contribution in [0.1, 0.15) is 36.0 Å². The molecule has 4 rings (SSSR count). The van der Waals surface area contributed by atoms with Crippen molar-refractivity contribution < 1.29 is 4.39 Å². The Balaban J connectivity index is 1.30. The van der Waals surface area contributed by atoms with Crippen LogP contribution in [0, 0.1) is 5.82 Å². The Morgan fingerprint density at radius 1 is 1.12 bits per heavy atom. The van der Waals surface area contributed by atoms with Gasteiger partial charge in [-0.1, -0.05) is 24.3 Å². The molecule has 0 unspecified atom stereocenters. The van der Waals surface area contributed by atoms with Crippen molar-refractivity contribution in [1.82, 2.24) is 25.0 Å². The van der Waals surface area contributed by atoms with Gasteiger partial charge in [0.05, 0.1) is 6.54 Å². The number of likely N-dealkylation sites (tertiary alicyclic amines) is 1. The Labute approximate surface area is 147 Å². The van der Waals surface area contributed by atoms with Crippen LogP contribution in [-0.2, 0) is 13.1 Å². The van der Waals surface area contributed by atoms with Crippen molar-refractivity contribution in [1.29, 1.82) is 0 Å². The Morgan fingerprint density at radius 3 is 2.72 bits per heavy atom. The number of piperidine rings is 1. The van der Waals surface area contributed by atoms with Gasteiger partial charge in [-0.05, 0) is 43.6 Å². The molecule has 6 heteroatoms. The zero-order valence-corrected chi connectivity index (χ0v) is 14.4. The molecule has 0 amide bonds. The minimum absolute atomic E-state index is 0.189. The van der Waals surface area contributed by atoms with Crippen LogP contribution in [0.4, 0.5) is 4.39 Å². The van der Waals surface area contributed by atoms with E-state index < -0.39 is 0 Å². The van der Waals surface area contributed by atoms with Gasteiger partial charge in [0.25, 0.3) is 0 Å². The summed E-state index contributed by atoms with van der Waals surface area (Å²) in [7, 11) is 0. The highest BCUT2D eigenvalue weighted by atomic mass is 19.1. The van der Waals surface area contributed by atoms with Gasteiger partial charge < -0.3 is 9.88 Å². The molecule has 0 radical (unpaired) electrons. The van der Waals surface area contributed by atoms with Crippen molar-refractivity contribution in [3.8, 4) is 0 Å². The molecule has 0 spiro atoms. The maximum Gasteiger partial charge on any atom is 0.147 e. The van der Waals surface area contributed by atoms with Gasteiger partial charge in [0.1, 0.15) is 17.5 Å². The van der Waals surface area contributed by atoms with Gasteiger partial charge in [-0.15, -0.1) is 10.2 Å². The predicted octanol–water partition coefficient (Wildman–Crippen LogP) is 2.41. The molecule has 0 atom stereocenters. The standard InChI is InChI=1S/C19H24FN5/c20-17-5-3-15(4-6-17)2-1-10-24-11-7-16(8-12-24)19-23-22-18-14-21-9-13-25(18)19/h1-6,16,21H,7-14H2/b2-1+. The third kappa shape index (κ3) is 3.80. The zero-order chi connectivity index (χ0) is 17.1. The Morgan fingerprint density at radius 2 is 1.92 bits per heavy atom. The van der Waals surface area contributed by atoms with Gasteiger partial charge in [0.15, 0.2) is 0 Å². The fourth-order valence-corrected chi connectivity index (χ4v) is 3.70. The van der Waals surface area contributed by atoms with Crippen LogP contribution in [0.3, 0.4) is 0 Å². The summed E-state index contributed by atoms with van der Waals surface area (Å²) in [4.78, 5) is 2.46. The van der Waals surface area contributed by atoms with Crippen molar-refractivity contribution >= 4 is 6.08 Å². The van der Waals surface area contributed by atoms with E-state index >= 15 is 0 Å². The highest BCUT2D eigenvalue weighted by Crippen LogP contribution is 2.27. The molecule has 2 aliphatic heterocycles. The van der Waals surface area contributed by atoms with Gasteiger partial charge in [-0.2, -0.15) is 0 Å². The maximum atomic E-state index is 12.9. The molecule has 1 saturated heterocycles. The molecular formula is C19H24FN5. The van der Waals surface area contributed by atoms with E-state index in [1.807, 2.05) is 0 Å². The highest BCUT2D eigenvalue weighted by molar-refractivity contribution is 5.48. The van der Waals surface area contributed by atoms with E-state index in [9.17, 15) is 4.39 Å². The first-order valence-electron chi connectivity index (χ1n) is 9.07. The predicted molar refractivity (Wildman–Crippen MR) is 95.6 cm³/mol. The molecule has 1 aromatic heterocycles. The van der Waals surface area contributed by atoms with Gasteiger partial charge >= 0.3 is 0 Å². The van der Waals surface area contributed by atoms with Crippen LogP contribution in [0.5, 0.6) is 0 Å². The number of rotatable bonds is 4. The second-order valence-corrected chi connectivity index (χ2v) is 6.83. The lowest BCUT2D eigenvalue weighted by molar-refractivity contribution is 0.226. The molecule has 0 aliphatic carbocycles. The second kappa shape index (κ2) is 7.45. The third-order valence-electron chi connectivity index (χ3n) is 5.15. The van der Waals surface area contributed by atoms with E-state index in [1.54, 1.807) is 12.1 Å². The second-order valence-electron chi connectivity index (χ2n) is 6.83. The molecule has 2 aromatic rings. The van der Waals surface area contributed by atoms with Crippen LogP contribution in [-0.4, -0.2) is 45.8 Å². The zero-order valence-electron chi connectivity index (χ0n) is 14.4. The van der Waals surface area contributed by atoms with E-state index in [-0.39, 0.29) is 5.82 Å². The molecule has 25 heavy (non-hydrogen) atoms. The van der Waals surface area contributed by atoms with Gasteiger partial charge in [-0.25, -0.2) is 4.39 Å². The van der Waals surface area contributed by atoms with Crippen LogP contribution >= 0.6 is 0 Å². The van der Waals surface area contributed by atoms with Crippen LogP contribution in [0.15, 0.2) is 30.3 Å². The molecule has 1 fully saturated rings. The van der Waals surface area contributed by atoms with Crippen molar-refractivity contribution in [3.05, 3.63) is 53.4 Å². The summed E-state index contributed by atoms with van der Waals surface area (Å²) >= 11 is 0. The number of nitrogens with one attached hydrogen (secondary N) is 1. The summed E-state index contributed by atoms with van der Waals surface area (Å²) in [5, 5.41) is 12.1. The van der Waals surface area contributed by atoms with Gasteiger partial charge in [0, 0.05) is 25.6 Å². The summed E-state index contributed by atoms with van der Waals surface area (Å²) in [5.41, 5.74) is 1.04. The molecule has 2 aliphatic rings. The van der Waals surface area contributed by atoms with Crippen molar-refractivity contribution in [2.45, 2.75) is 31.8 Å². The normalized spacial score (nSPS) is 19.4. The highest BCUT2D eigenvalue weighted by Gasteiger charge is 2.26. The quantitative estimate of drug-likeness (QED) is 0.928. The first-order chi connectivity index (χ1) is 12.3. The van der Waals surface area contributed by atoms with Crippen LogP contribution in [0.2, 0.25) is 0 Å². The van der Waals surface area contributed by atoms with Crippen LogP contribution in [0.25, 0.3) is 6.08 Å². The van der Waals surface area contributed by atoms with Crippen LogP contribution < -0.4 is 5.32 Å². The Bertz CT molecular complexity index is 729. The minimum Gasteiger partial charge on any atom is -0.312 e. The van der Waals surface area contributed by atoms with E-state index in [0.29, 0.717) is 5.92 Å². The van der Waals surface area contributed by atoms with E-state index in [4.69, 9.17) is 0 Å². The van der Waals surface area contributed by atoms with Crippen molar-refractivity contribution in [2.75, 3.05) is 26.2 Å². The lowest BCUT2D eigenvalue weighted by Crippen LogP contribution is -2.35. The summed E-state index contributed by atoms with van der Waals surface area (Å²) in [6, 6.07) is 6.61. The number of nitrogens with zero attached hydrogens (tertiary/aromatic N) is 4. The number of halogens is 1. The SMILES string of the molecule is Fc1ccc(/C=C/CN2CCC(c3nnc4n3CCNC4)CC2)cc1. The summed E-state index contributed by atoms with van der Waals surface area (Å²) in [6.45, 7) is 5.92. The number of hydrogen-bond acceptors (Lipinski definition) is 4. The Hall–Kier alpha value is -2.05. The number of aromatic nitrogens is 3. The maximum absolute atomic E-state index is 12.9. The third-order valence-corrected chi connectivity index (χ3v) is 5.15. The molecule has 3 heterocycles. The van der Waals surface area contributed by atoms with Gasteiger partial charge in [-0.3, -0.25) is 4.90 Å². The number of fused-ring (bicyclic) bond motifs is 1. The molecule has 0 bridgehead atoms. The fourth-order valence-electron chi connectivity index (χ4n) is 3.70. The lowest BCUT2D eigenvalue weighted by atomic mass is 9.95. The van der Waals surface area contributed by atoms with Gasteiger partial charge in [0.2, 0.25) is 0 Å². The molecule has 1 aromatic carbocycles. The van der Waals surface area contributed by atoms with Crippen molar-refractivity contribution in [2.24, 2.45) is 0 Å². The van der Waals surface area contributed by atoms with Crippen molar-refractivity contribution in [3.63, 3.8) is 0 Å². The first-order valence-corrected chi connectivity index (χ1v) is 9.07. The average molecular weight is 341 g/mol. The number of benzene rings is 1. The minimum atomic E-state index is -0.189. The molecular weight excluding hydrogens is 317 g/mol. The largest absolute Gasteiger partial charge is 0.312 e. The monoisotopic (exact) mass is 341 g/mol. The fraction of sp³-hybridized carbons (Fsp3) is 0.474. The first kappa shape index (κ1) is 16.4. The lowest BCUT2D eigenvalue weighted by Gasteiger charge is -2.31. The Kier molecular flexibility index (Phi) is 4.90.